The van der Waals surface area contributed by atoms with Crippen molar-refractivity contribution in [1.29, 1.82) is 0 Å². The zero-order valence-corrected chi connectivity index (χ0v) is 9.02. The highest BCUT2D eigenvalue weighted by Gasteiger charge is 2.25. The van der Waals surface area contributed by atoms with Crippen molar-refractivity contribution >= 4 is 5.71 Å². The Kier molecular flexibility index (Phi) is 4.36. The standard InChI is InChI=1S/C9H15FN4O2/c1-6(9(4-11)14(15)16)13-8-2-3-12-5-7(8)10/h4,7-8,12H,2-3,5,11H2,1H3. The van der Waals surface area contributed by atoms with E-state index in [1.807, 2.05) is 0 Å². The molecule has 16 heavy (non-hydrogen) atoms. The second-order valence-electron chi connectivity index (χ2n) is 3.60. The molecule has 6 nitrogen and oxygen atoms in total. The van der Waals surface area contributed by atoms with Gasteiger partial charge < -0.3 is 11.1 Å². The first kappa shape index (κ1) is 12.6. The van der Waals surface area contributed by atoms with Gasteiger partial charge in [0.25, 0.3) is 0 Å². The Hall–Kier alpha value is -1.50. The number of nitrogens with one attached hydrogen (secondary N) is 1. The van der Waals surface area contributed by atoms with Gasteiger partial charge in [-0.3, -0.25) is 15.1 Å². The molecule has 0 aliphatic carbocycles. The molecule has 0 aromatic rings. The molecule has 1 heterocycles. The average Bonchev–Trinajstić information content (AvgIpc) is 2.22. The van der Waals surface area contributed by atoms with Gasteiger partial charge in [0.1, 0.15) is 11.9 Å². The summed E-state index contributed by atoms with van der Waals surface area (Å²) in [6.45, 7) is 2.37. The Bertz CT molecular complexity index is 329. The SMILES string of the molecule is CC(=NC1CCNCC1F)C(=CN)[N+](=O)[O-]. The van der Waals surface area contributed by atoms with Crippen LogP contribution in [-0.4, -0.2) is 35.9 Å². The minimum atomic E-state index is -1.10. The number of alkyl halides is 1. The molecule has 90 valence electrons. The number of piperidine rings is 1. The number of halogens is 1. The van der Waals surface area contributed by atoms with Gasteiger partial charge in [-0.1, -0.05) is 0 Å². The Morgan fingerprint density at radius 1 is 1.75 bits per heavy atom. The Morgan fingerprint density at radius 2 is 2.44 bits per heavy atom. The lowest BCUT2D eigenvalue weighted by atomic mass is 10.1. The Balaban J connectivity index is 2.78. The Labute approximate surface area is 92.6 Å². The maximum absolute atomic E-state index is 13.4. The van der Waals surface area contributed by atoms with E-state index in [2.05, 4.69) is 10.3 Å². The summed E-state index contributed by atoms with van der Waals surface area (Å²) in [5.74, 6) is 0. The molecule has 0 spiro atoms. The summed E-state index contributed by atoms with van der Waals surface area (Å²) in [5, 5.41) is 13.5. The van der Waals surface area contributed by atoms with Crippen LogP contribution in [0.15, 0.2) is 16.9 Å². The minimum Gasteiger partial charge on any atom is -0.399 e. The lowest BCUT2D eigenvalue weighted by Gasteiger charge is -2.23. The summed E-state index contributed by atoms with van der Waals surface area (Å²) in [6.07, 6.45) is 0.316. The largest absolute Gasteiger partial charge is 0.399 e. The highest BCUT2D eigenvalue weighted by Crippen LogP contribution is 2.13. The van der Waals surface area contributed by atoms with E-state index in [4.69, 9.17) is 5.73 Å². The first-order chi connectivity index (χ1) is 7.56. The van der Waals surface area contributed by atoms with Gasteiger partial charge in [0.2, 0.25) is 0 Å². The minimum absolute atomic E-state index is 0.169. The van der Waals surface area contributed by atoms with Crippen molar-refractivity contribution in [2.24, 2.45) is 10.7 Å². The quantitative estimate of drug-likeness (QED) is 0.412. The van der Waals surface area contributed by atoms with Gasteiger partial charge in [0.05, 0.1) is 17.2 Å². The van der Waals surface area contributed by atoms with Crippen molar-refractivity contribution in [2.45, 2.75) is 25.6 Å². The third-order valence-corrected chi connectivity index (χ3v) is 2.46. The molecule has 7 heteroatoms. The van der Waals surface area contributed by atoms with Crippen LogP contribution in [0.2, 0.25) is 0 Å². The summed E-state index contributed by atoms with van der Waals surface area (Å²) in [4.78, 5) is 14.0. The lowest BCUT2D eigenvalue weighted by Crippen LogP contribution is -2.41. The van der Waals surface area contributed by atoms with Gasteiger partial charge in [0, 0.05) is 6.54 Å². The van der Waals surface area contributed by atoms with Crippen LogP contribution < -0.4 is 11.1 Å². The van der Waals surface area contributed by atoms with Crippen molar-refractivity contribution in [3.8, 4) is 0 Å². The molecule has 1 rings (SSSR count). The molecular formula is C9H15FN4O2. The van der Waals surface area contributed by atoms with Crippen molar-refractivity contribution in [3.05, 3.63) is 22.0 Å². The van der Waals surface area contributed by atoms with Crippen molar-refractivity contribution in [3.63, 3.8) is 0 Å². The molecule has 1 fully saturated rings. The van der Waals surface area contributed by atoms with Gasteiger partial charge in [-0.15, -0.1) is 0 Å². The zero-order chi connectivity index (χ0) is 12.1. The maximum atomic E-state index is 13.4. The fourth-order valence-corrected chi connectivity index (χ4v) is 1.58. The van der Waals surface area contributed by atoms with Crippen LogP contribution in [0.3, 0.4) is 0 Å². The molecule has 1 saturated heterocycles. The topological polar surface area (TPSA) is 93.5 Å². The molecule has 0 aromatic carbocycles. The van der Waals surface area contributed by atoms with E-state index in [0.717, 1.165) is 6.20 Å². The monoisotopic (exact) mass is 230 g/mol. The molecule has 1 aliphatic heterocycles. The van der Waals surface area contributed by atoms with Crippen LogP contribution in [0.1, 0.15) is 13.3 Å². The first-order valence-electron chi connectivity index (χ1n) is 5.02. The molecular weight excluding hydrogens is 215 g/mol. The van der Waals surface area contributed by atoms with Crippen LogP contribution in [-0.2, 0) is 0 Å². The zero-order valence-electron chi connectivity index (χ0n) is 9.02. The first-order valence-corrected chi connectivity index (χ1v) is 5.02. The van der Waals surface area contributed by atoms with E-state index in [-0.39, 0.29) is 18.0 Å². The van der Waals surface area contributed by atoms with Crippen LogP contribution >= 0.6 is 0 Å². The third-order valence-electron chi connectivity index (χ3n) is 2.46. The summed E-state index contributed by atoms with van der Waals surface area (Å²) in [6, 6.07) is -0.517. The number of hydrogen-bond acceptors (Lipinski definition) is 5. The normalized spacial score (nSPS) is 27.9. The molecule has 0 aromatic heterocycles. The van der Waals surface area contributed by atoms with E-state index in [1.54, 1.807) is 0 Å². The molecule has 2 unspecified atom stereocenters. The molecule has 3 N–H and O–H groups in total. The highest BCUT2D eigenvalue weighted by molar-refractivity contribution is 5.96. The molecule has 1 aliphatic rings. The third kappa shape index (κ3) is 2.99. The van der Waals surface area contributed by atoms with Gasteiger partial charge >= 0.3 is 5.70 Å². The lowest BCUT2D eigenvalue weighted by molar-refractivity contribution is -0.415. The number of nitro groups is 1. The van der Waals surface area contributed by atoms with E-state index in [0.29, 0.717) is 13.0 Å². The van der Waals surface area contributed by atoms with E-state index in [1.165, 1.54) is 6.92 Å². The smallest absolute Gasteiger partial charge is 0.305 e. The van der Waals surface area contributed by atoms with Crippen molar-refractivity contribution in [2.75, 3.05) is 13.1 Å². The van der Waals surface area contributed by atoms with E-state index < -0.39 is 17.1 Å². The predicted octanol–water partition coefficient (Wildman–Crippen LogP) is 0.224. The van der Waals surface area contributed by atoms with Gasteiger partial charge in [-0.05, 0) is 19.9 Å². The van der Waals surface area contributed by atoms with Gasteiger partial charge in [-0.25, -0.2) is 4.39 Å². The summed E-state index contributed by atoms with van der Waals surface area (Å²) < 4.78 is 13.4. The highest BCUT2D eigenvalue weighted by atomic mass is 19.1. The number of hydrogen-bond donors (Lipinski definition) is 2. The maximum Gasteiger partial charge on any atom is 0.305 e. The average molecular weight is 230 g/mol. The Morgan fingerprint density at radius 3 is 2.94 bits per heavy atom. The molecule has 0 saturated carbocycles. The fourth-order valence-electron chi connectivity index (χ4n) is 1.58. The van der Waals surface area contributed by atoms with Gasteiger partial charge in [0.15, 0.2) is 0 Å². The second-order valence-corrected chi connectivity index (χ2v) is 3.60. The van der Waals surface area contributed by atoms with Crippen LogP contribution in [0.5, 0.6) is 0 Å². The number of nitrogens with zero attached hydrogens (tertiary/aromatic N) is 2. The molecule has 2 atom stereocenters. The summed E-state index contributed by atoms with van der Waals surface area (Å²) in [7, 11) is 0. The van der Waals surface area contributed by atoms with Crippen LogP contribution in [0.25, 0.3) is 0 Å². The molecule has 0 amide bonds. The predicted molar refractivity (Wildman–Crippen MR) is 58.5 cm³/mol. The fraction of sp³-hybridized carbons (Fsp3) is 0.667. The summed E-state index contributed by atoms with van der Waals surface area (Å²) in [5.41, 5.74) is 5.02. The van der Waals surface area contributed by atoms with Gasteiger partial charge in [-0.2, -0.15) is 0 Å². The van der Waals surface area contributed by atoms with Crippen LogP contribution in [0.4, 0.5) is 4.39 Å². The molecule has 0 radical (unpaired) electrons. The number of allylic oxidation sites excluding steroid dienone is 1. The van der Waals surface area contributed by atoms with Crippen LogP contribution in [0, 0.1) is 10.1 Å². The van der Waals surface area contributed by atoms with E-state index >= 15 is 0 Å². The molecule has 0 bridgehead atoms. The second kappa shape index (κ2) is 5.55. The van der Waals surface area contributed by atoms with Crippen molar-refractivity contribution in [1.82, 2.24) is 5.32 Å². The summed E-state index contributed by atoms with van der Waals surface area (Å²) >= 11 is 0. The van der Waals surface area contributed by atoms with Crippen molar-refractivity contribution < 1.29 is 9.31 Å². The van der Waals surface area contributed by atoms with E-state index in [9.17, 15) is 14.5 Å². The number of aliphatic imine (C=N–C) groups is 1. The number of nitrogens with two attached hydrogens (primary N) is 1. The number of rotatable bonds is 3.